The number of carbonyl (C=O) groups is 1. The van der Waals surface area contributed by atoms with Gasteiger partial charge in [-0.15, -0.1) is 0 Å². The number of nitrogens with one attached hydrogen (secondary N) is 1. The Morgan fingerprint density at radius 3 is 2.75 bits per heavy atom. The lowest BCUT2D eigenvalue weighted by atomic mass is 10.1. The van der Waals surface area contributed by atoms with E-state index in [1.807, 2.05) is 0 Å². The molecule has 0 bridgehead atoms. The maximum atomic E-state index is 12.5. The van der Waals surface area contributed by atoms with Gasteiger partial charge in [0.15, 0.2) is 17.0 Å². The fourth-order valence-electron chi connectivity index (χ4n) is 3.18. The molecular weight excluding hydrogens is 364 g/mol. The number of aliphatic hydroxyl groups is 2. The van der Waals surface area contributed by atoms with Gasteiger partial charge in [-0.25, -0.2) is 15.0 Å². The molecule has 10 nitrogen and oxygen atoms in total. The molecule has 1 aromatic carbocycles. The fraction of sp³-hybridized carbons (Fsp3) is 0.333. The van der Waals surface area contributed by atoms with Crippen molar-refractivity contribution in [2.45, 2.75) is 31.4 Å². The Bertz CT molecular complexity index is 989. The monoisotopic (exact) mass is 384 g/mol. The van der Waals surface area contributed by atoms with Gasteiger partial charge >= 0.3 is 0 Å². The van der Waals surface area contributed by atoms with Gasteiger partial charge in [-0.05, 0) is 17.7 Å². The van der Waals surface area contributed by atoms with Crippen molar-refractivity contribution in [2.75, 3.05) is 11.9 Å². The van der Waals surface area contributed by atoms with Crippen molar-refractivity contribution in [3.05, 3.63) is 48.0 Å². The maximum absolute atomic E-state index is 12.5. The highest BCUT2D eigenvalue weighted by molar-refractivity contribution is 6.06. The number of hydrogen-bond donors (Lipinski definition) is 4. The lowest BCUT2D eigenvalue weighted by Crippen LogP contribution is -2.24. The minimum Gasteiger partial charge on any atom is -0.394 e. The summed E-state index contributed by atoms with van der Waals surface area (Å²) in [4.78, 5) is 25.2. The second-order valence-corrected chi connectivity index (χ2v) is 6.52. The third-order valence-electron chi connectivity index (χ3n) is 4.74. The van der Waals surface area contributed by atoms with Gasteiger partial charge in [0.2, 0.25) is 0 Å². The largest absolute Gasteiger partial charge is 0.394 e. The molecule has 3 aromatic rings. The number of carbonyl (C=O) groups excluding carboxylic acids is 1. The fourth-order valence-corrected chi connectivity index (χ4v) is 3.18. The van der Waals surface area contributed by atoms with Gasteiger partial charge in [0, 0.05) is 18.5 Å². The Kier molecular flexibility index (Phi) is 5.01. The number of fused-ring (bicyclic) bond motifs is 1. The van der Waals surface area contributed by atoms with Crippen molar-refractivity contribution in [3.8, 4) is 0 Å². The van der Waals surface area contributed by atoms with Crippen LogP contribution in [-0.2, 0) is 11.3 Å². The summed E-state index contributed by atoms with van der Waals surface area (Å²) in [6, 6.07) is 6.97. The Morgan fingerprint density at radius 1 is 1.29 bits per heavy atom. The standard InChI is InChI=1S/C18H20N6O4/c19-6-10-1-3-11(4-2-10)18(27)23-16-15-17(21-8-20-16)24(9-22-15)14-5-12(26)13(7-25)28-14/h1-4,8-9,12-14,25-26H,5-7,19H2,(H,20,21,23,27)/t12-,13-,14-/m1/s1. The lowest BCUT2D eigenvalue weighted by molar-refractivity contribution is -0.0432. The molecule has 5 N–H and O–H groups in total. The molecule has 0 unspecified atom stereocenters. The van der Waals surface area contributed by atoms with Gasteiger partial charge in [0.05, 0.1) is 19.0 Å². The van der Waals surface area contributed by atoms with Crippen molar-refractivity contribution < 1.29 is 19.7 Å². The second-order valence-electron chi connectivity index (χ2n) is 6.52. The van der Waals surface area contributed by atoms with Gasteiger partial charge in [0.25, 0.3) is 5.91 Å². The Labute approximate surface area is 160 Å². The Balaban J connectivity index is 1.59. The summed E-state index contributed by atoms with van der Waals surface area (Å²) in [6.07, 6.45) is 1.20. The molecule has 3 heterocycles. The van der Waals surface area contributed by atoms with E-state index in [4.69, 9.17) is 10.5 Å². The number of anilines is 1. The van der Waals surface area contributed by atoms with Gasteiger partial charge < -0.3 is 26.0 Å². The highest BCUT2D eigenvalue weighted by Gasteiger charge is 2.35. The van der Waals surface area contributed by atoms with E-state index in [0.717, 1.165) is 5.56 Å². The van der Waals surface area contributed by atoms with Crippen LogP contribution in [0.15, 0.2) is 36.9 Å². The molecule has 10 heteroatoms. The number of hydrogen-bond acceptors (Lipinski definition) is 8. The molecule has 1 aliphatic rings. The molecule has 0 radical (unpaired) electrons. The molecule has 0 aliphatic carbocycles. The summed E-state index contributed by atoms with van der Waals surface area (Å²) in [5.74, 6) is -0.0556. The number of rotatable bonds is 5. The van der Waals surface area contributed by atoms with E-state index in [-0.39, 0.29) is 18.3 Å². The third kappa shape index (κ3) is 3.34. The van der Waals surface area contributed by atoms with E-state index in [1.54, 1.807) is 28.8 Å². The van der Waals surface area contributed by atoms with Gasteiger partial charge in [-0.2, -0.15) is 0 Å². The SMILES string of the molecule is NCc1ccc(C(=O)Nc2ncnc3c2ncn3[C@H]2C[C@@H](O)[C@@H](CO)O2)cc1. The molecule has 1 amide bonds. The van der Waals surface area contributed by atoms with E-state index in [9.17, 15) is 15.0 Å². The first kappa shape index (κ1) is 18.4. The maximum Gasteiger partial charge on any atom is 0.256 e. The van der Waals surface area contributed by atoms with Crippen LogP contribution in [0.5, 0.6) is 0 Å². The zero-order valence-corrected chi connectivity index (χ0v) is 14.9. The van der Waals surface area contributed by atoms with Gasteiger partial charge in [-0.1, -0.05) is 12.1 Å². The number of imidazole rings is 1. The molecule has 28 heavy (non-hydrogen) atoms. The molecule has 1 aliphatic heterocycles. The van der Waals surface area contributed by atoms with Gasteiger partial charge in [0.1, 0.15) is 18.7 Å². The van der Waals surface area contributed by atoms with Crippen LogP contribution in [-0.4, -0.2) is 54.5 Å². The van der Waals surface area contributed by atoms with Crippen LogP contribution in [0.4, 0.5) is 5.82 Å². The minimum atomic E-state index is -0.773. The summed E-state index contributed by atoms with van der Waals surface area (Å²) in [7, 11) is 0. The number of ether oxygens (including phenoxy) is 1. The number of amides is 1. The number of nitrogens with zero attached hydrogens (tertiary/aromatic N) is 4. The predicted octanol–water partition coefficient (Wildman–Crippen LogP) is 0.178. The second kappa shape index (κ2) is 7.60. The lowest BCUT2D eigenvalue weighted by Gasteiger charge is -2.13. The van der Waals surface area contributed by atoms with Crippen LogP contribution >= 0.6 is 0 Å². The summed E-state index contributed by atoms with van der Waals surface area (Å²) in [5, 5.41) is 22.0. The van der Waals surface area contributed by atoms with E-state index in [2.05, 4.69) is 20.3 Å². The quantitative estimate of drug-likeness (QED) is 0.487. The average Bonchev–Trinajstić information content (AvgIpc) is 3.31. The van der Waals surface area contributed by atoms with Crippen LogP contribution in [0.25, 0.3) is 11.2 Å². The van der Waals surface area contributed by atoms with E-state index >= 15 is 0 Å². The first-order valence-corrected chi connectivity index (χ1v) is 8.83. The highest BCUT2D eigenvalue weighted by atomic mass is 16.5. The number of aliphatic hydroxyl groups excluding tert-OH is 2. The third-order valence-corrected chi connectivity index (χ3v) is 4.74. The molecule has 3 atom stereocenters. The summed E-state index contributed by atoms with van der Waals surface area (Å²) in [5.41, 5.74) is 7.83. The molecule has 1 saturated heterocycles. The minimum absolute atomic E-state index is 0.272. The van der Waals surface area contributed by atoms with Gasteiger partial charge in [-0.3, -0.25) is 9.36 Å². The van der Waals surface area contributed by atoms with E-state index in [0.29, 0.717) is 29.7 Å². The van der Waals surface area contributed by atoms with Crippen LogP contribution < -0.4 is 11.1 Å². The van der Waals surface area contributed by atoms with Crippen LogP contribution in [0.2, 0.25) is 0 Å². The first-order chi connectivity index (χ1) is 13.6. The molecule has 0 spiro atoms. The molecule has 4 rings (SSSR count). The van der Waals surface area contributed by atoms with Crippen molar-refractivity contribution in [1.29, 1.82) is 0 Å². The molecular formula is C18H20N6O4. The average molecular weight is 384 g/mol. The molecule has 0 saturated carbocycles. The number of benzene rings is 1. The van der Waals surface area contributed by atoms with Crippen LogP contribution in [0.3, 0.4) is 0 Å². The molecule has 2 aromatic heterocycles. The summed E-state index contributed by atoms with van der Waals surface area (Å²) >= 11 is 0. The van der Waals surface area contributed by atoms with Crippen LogP contribution in [0.1, 0.15) is 28.6 Å². The number of nitrogens with two attached hydrogens (primary N) is 1. The normalized spacial score (nSPS) is 21.9. The summed E-state index contributed by atoms with van der Waals surface area (Å²) < 4.78 is 7.31. The van der Waals surface area contributed by atoms with Crippen molar-refractivity contribution >= 4 is 22.9 Å². The predicted molar refractivity (Wildman–Crippen MR) is 99.2 cm³/mol. The van der Waals surface area contributed by atoms with E-state index < -0.39 is 18.4 Å². The zero-order chi connectivity index (χ0) is 19.7. The Morgan fingerprint density at radius 2 is 2.07 bits per heavy atom. The Hall–Kier alpha value is -2.92. The molecule has 1 fully saturated rings. The van der Waals surface area contributed by atoms with E-state index in [1.165, 1.54) is 12.7 Å². The first-order valence-electron chi connectivity index (χ1n) is 8.83. The zero-order valence-electron chi connectivity index (χ0n) is 14.9. The smallest absolute Gasteiger partial charge is 0.256 e. The molecule has 146 valence electrons. The van der Waals surface area contributed by atoms with Crippen molar-refractivity contribution in [3.63, 3.8) is 0 Å². The highest BCUT2D eigenvalue weighted by Crippen LogP contribution is 2.31. The van der Waals surface area contributed by atoms with Crippen molar-refractivity contribution in [1.82, 2.24) is 19.5 Å². The van der Waals surface area contributed by atoms with Crippen LogP contribution in [0, 0.1) is 0 Å². The topological polar surface area (TPSA) is 148 Å². The number of aromatic nitrogens is 4. The van der Waals surface area contributed by atoms with Crippen molar-refractivity contribution in [2.24, 2.45) is 5.73 Å². The summed E-state index contributed by atoms with van der Waals surface area (Å²) in [6.45, 7) is 0.129.